The van der Waals surface area contributed by atoms with E-state index in [0.717, 1.165) is 20.9 Å². The lowest BCUT2D eigenvalue weighted by Crippen LogP contribution is -1.79. The summed E-state index contributed by atoms with van der Waals surface area (Å²) in [5, 5.41) is 0. The minimum Gasteiger partial charge on any atom is -0.211 e. The van der Waals surface area contributed by atoms with Crippen LogP contribution in [0.3, 0.4) is 0 Å². The van der Waals surface area contributed by atoms with Crippen LogP contribution in [0.15, 0.2) is 56.2 Å². The Morgan fingerprint density at radius 3 is 1.50 bits per heavy atom. The SMILES string of the molecule is Cc1cc(N=C=O)ccc1SSc1ccc(N=C=O)cc1C. The third kappa shape index (κ3) is 4.20. The van der Waals surface area contributed by atoms with E-state index in [4.69, 9.17) is 0 Å². The van der Waals surface area contributed by atoms with Crippen molar-refractivity contribution >= 4 is 45.1 Å². The number of isocyanates is 2. The number of nitrogens with zero attached hydrogens (tertiary/aromatic N) is 2. The lowest BCUT2D eigenvalue weighted by atomic mass is 10.2. The van der Waals surface area contributed by atoms with E-state index in [1.54, 1.807) is 33.7 Å². The summed E-state index contributed by atoms with van der Waals surface area (Å²) >= 11 is 0. The summed E-state index contributed by atoms with van der Waals surface area (Å²) in [5.74, 6) is 0. The summed E-state index contributed by atoms with van der Waals surface area (Å²) in [7, 11) is 3.26. The first kappa shape index (κ1) is 16.3. The zero-order valence-corrected chi connectivity index (χ0v) is 13.6. The fraction of sp³-hybridized carbons (Fsp3) is 0.125. The predicted molar refractivity (Wildman–Crippen MR) is 89.6 cm³/mol. The number of aryl methyl sites for hydroxylation is 2. The van der Waals surface area contributed by atoms with Crippen LogP contribution in [0.1, 0.15) is 11.1 Å². The van der Waals surface area contributed by atoms with Crippen LogP contribution in [0.25, 0.3) is 0 Å². The molecular formula is C16H12N2O2S2. The van der Waals surface area contributed by atoms with Crippen molar-refractivity contribution in [3.05, 3.63) is 47.5 Å². The number of hydrogen-bond donors (Lipinski definition) is 0. The molecule has 0 bridgehead atoms. The smallest absolute Gasteiger partial charge is 0.211 e. The maximum absolute atomic E-state index is 10.3. The fourth-order valence-corrected chi connectivity index (χ4v) is 4.26. The Balaban J connectivity index is 2.13. The van der Waals surface area contributed by atoms with Crippen molar-refractivity contribution in [2.24, 2.45) is 9.98 Å². The molecule has 110 valence electrons. The van der Waals surface area contributed by atoms with Crippen molar-refractivity contribution < 1.29 is 9.59 Å². The Labute approximate surface area is 136 Å². The monoisotopic (exact) mass is 328 g/mol. The van der Waals surface area contributed by atoms with Gasteiger partial charge in [0.05, 0.1) is 11.4 Å². The number of aliphatic imine (C=N–C) groups is 2. The Bertz CT molecular complexity index is 725. The van der Waals surface area contributed by atoms with Gasteiger partial charge in [-0.05, 0) is 61.4 Å². The molecule has 4 nitrogen and oxygen atoms in total. The van der Waals surface area contributed by atoms with Crippen molar-refractivity contribution in [1.82, 2.24) is 0 Å². The molecule has 22 heavy (non-hydrogen) atoms. The van der Waals surface area contributed by atoms with E-state index in [1.807, 2.05) is 38.1 Å². The summed E-state index contributed by atoms with van der Waals surface area (Å²) in [6.07, 6.45) is 3.08. The lowest BCUT2D eigenvalue weighted by Gasteiger charge is -2.08. The van der Waals surface area contributed by atoms with Gasteiger partial charge in [-0.2, -0.15) is 9.98 Å². The van der Waals surface area contributed by atoms with E-state index < -0.39 is 0 Å². The summed E-state index contributed by atoms with van der Waals surface area (Å²) in [5.41, 5.74) is 3.31. The topological polar surface area (TPSA) is 58.9 Å². The third-order valence-corrected chi connectivity index (χ3v) is 5.57. The summed E-state index contributed by atoms with van der Waals surface area (Å²) in [6, 6.07) is 11.1. The highest BCUT2D eigenvalue weighted by molar-refractivity contribution is 8.76. The van der Waals surface area contributed by atoms with Gasteiger partial charge in [0.25, 0.3) is 0 Å². The molecular weight excluding hydrogens is 316 g/mol. The molecule has 2 aromatic rings. The van der Waals surface area contributed by atoms with E-state index in [2.05, 4.69) is 9.98 Å². The molecule has 0 N–H and O–H groups in total. The zero-order chi connectivity index (χ0) is 15.9. The summed E-state index contributed by atoms with van der Waals surface area (Å²) < 4.78 is 0. The Morgan fingerprint density at radius 1 is 0.773 bits per heavy atom. The molecule has 0 aliphatic heterocycles. The van der Waals surface area contributed by atoms with Crippen LogP contribution in [-0.4, -0.2) is 12.2 Å². The molecule has 0 unspecified atom stereocenters. The zero-order valence-electron chi connectivity index (χ0n) is 12.0. The number of carbonyl (C=O) groups excluding carboxylic acids is 2. The van der Waals surface area contributed by atoms with Gasteiger partial charge in [-0.1, -0.05) is 21.6 Å². The molecule has 0 heterocycles. The van der Waals surface area contributed by atoms with Gasteiger partial charge in [0.15, 0.2) is 0 Å². The number of rotatable bonds is 5. The molecule has 2 rings (SSSR count). The minimum atomic E-state index is 0.606. The number of benzene rings is 2. The Hall–Kier alpha value is -2.10. The standard InChI is InChI=1S/C16H12N2O2S2/c1-11-7-13(17-9-19)3-5-15(11)21-22-16-6-4-14(18-10-20)8-12(16)2/h3-8H,1-2H3. The quantitative estimate of drug-likeness (QED) is 0.438. The van der Waals surface area contributed by atoms with Crippen molar-refractivity contribution in [2.45, 2.75) is 23.6 Å². The second-order valence-corrected chi connectivity index (χ2v) is 6.69. The highest BCUT2D eigenvalue weighted by atomic mass is 33.1. The van der Waals surface area contributed by atoms with Crippen LogP contribution in [0.5, 0.6) is 0 Å². The first-order chi connectivity index (χ1) is 10.6. The summed E-state index contributed by atoms with van der Waals surface area (Å²) in [6.45, 7) is 3.95. The van der Waals surface area contributed by atoms with Crippen LogP contribution < -0.4 is 0 Å². The Morgan fingerprint density at radius 2 is 1.18 bits per heavy atom. The lowest BCUT2D eigenvalue weighted by molar-refractivity contribution is 0.564. The molecule has 0 saturated carbocycles. The molecule has 0 aromatic heterocycles. The molecule has 0 aliphatic carbocycles. The maximum Gasteiger partial charge on any atom is 0.240 e. The predicted octanol–water partition coefficient (Wildman–Crippen LogP) is 5.04. The van der Waals surface area contributed by atoms with Gasteiger partial charge < -0.3 is 0 Å². The average molecular weight is 328 g/mol. The molecule has 0 aliphatic rings. The van der Waals surface area contributed by atoms with Crippen molar-refractivity contribution in [1.29, 1.82) is 0 Å². The van der Waals surface area contributed by atoms with Crippen LogP contribution in [0.4, 0.5) is 11.4 Å². The van der Waals surface area contributed by atoms with Gasteiger partial charge in [0, 0.05) is 9.79 Å². The van der Waals surface area contributed by atoms with Gasteiger partial charge in [-0.15, -0.1) is 0 Å². The van der Waals surface area contributed by atoms with E-state index in [-0.39, 0.29) is 0 Å². The molecule has 6 heteroatoms. The van der Waals surface area contributed by atoms with E-state index in [1.165, 1.54) is 12.2 Å². The van der Waals surface area contributed by atoms with Crippen molar-refractivity contribution in [3.8, 4) is 0 Å². The van der Waals surface area contributed by atoms with Crippen LogP contribution in [0.2, 0.25) is 0 Å². The van der Waals surface area contributed by atoms with Crippen LogP contribution in [-0.2, 0) is 9.59 Å². The van der Waals surface area contributed by atoms with Crippen molar-refractivity contribution in [2.75, 3.05) is 0 Å². The average Bonchev–Trinajstić information content (AvgIpc) is 2.49. The molecule has 0 amide bonds. The van der Waals surface area contributed by atoms with E-state index in [0.29, 0.717) is 11.4 Å². The van der Waals surface area contributed by atoms with E-state index >= 15 is 0 Å². The molecule has 0 spiro atoms. The molecule has 0 saturated heterocycles. The van der Waals surface area contributed by atoms with Gasteiger partial charge in [-0.25, -0.2) is 9.59 Å². The van der Waals surface area contributed by atoms with Crippen LogP contribution >= 0.6 is 21.6 Å². The van der Waals surface area contributed by atoms with E-state index in [9.17, 15) is 9.59 Å². The summed E-state index contributed by atoms with van der Waals surface area (Å²) in [4.78, 5) is 29.9. The molecule has 0 fully saturated rings. The molecule has 2 aromatic carbocycles. The van der Waals surface area contributed by atoms with Gasteiger partial charge >= 0.3 is 0 Å². The fourth-order valence-electron chi connectivity index (χ4n) is 1.79. The highest BCUT2D eigenvalue weighted by Crippen LogP contribution is 2.41. The normalized spacial score (nSPS) is 9.73. The van der Waals surface area contributed by atoms with Crippen molar-refractivity contribution in [3.63, 3.8) is 0 Å². The molecule has 0 radical (unpaired) electrons. The van der Waals surface area contributed by atoms with Crippen LogP contribution in [0, 0.1) is 13.8 Å². The number of hydrogen-bond acceptors (Lipinski definition) is 6. The molecule has 0 atom stereocenters. The minimum absolute atomic E-state index is 0.606. The second-order valence-electron chi connectivity index (χ2n) is 4.47. The first-order valence-corrected chi connectivity index (χ1v) is 8.50. The first-order valence-electron chi connectivity index (χ1n) is 6.35. The maximum atomic E-state index is 10.3. The van der Waals surface area contributed by atoms with Gasteiger partial charge in [-0.3, -0.25) is 0 Å². The largest absolute Gasteiger partial charge is 0.240 e. The second kappa shape index (κ2) is 7.78. The Kier molecular flexibility index (Phi) is 5.75. The van der Waals surface area contributed by atoms with Gasteiger partial charge in [0.2, 0.25) is 12.2 Å². The highest BCUT2D eigenvalue weighted by Gasteiger charge is 2.05. The van der Waals surface area contributed by atoms with Gasteiger partial charge in [0.1, 0.15) is 0 Å². The third-order valence-electron chi connectivity index (χ3n) is 2.89.